The Kier molecular flexibility index (Phi) is 6.90. The van der Waals surface area contributed by atoms with Crippen molar-refractivity contribution in [2.75, 3.05) is 19.6 Å². The summed E-state index contributed by atoms with van der Waals surface area (Å²) in [5, 5.41) is 14.6. The van der Waals surface area contributed by atoms with E-state index in [0.717, 1.165) is 15.8 Å². The number of amides is 2. The Morgan fingerprint density at radius 1 is 1.08 bits per heavy atom. The van der Waals surface area contributed by atoms with Crippen LogP contribution in [0, 0.1) is 0 Å². The lowest BCUT2D eigenvalue weighted by atomic mass is 10.0. The summed E-state index contributed by atoms with van der Waals surface area (Å²) in [6, 6.07) is 13.8. The first-order valence-corrected chi connectivity index (χ1v) is 12.2. The molecule has 188 valence electrons. The minimum atomic E-state index is -0.502. The molecule has 3 heterocycles. The highest BCUT2D eigenvalue weighted by Crippen LogP contribution is 2.34. The number of rotatable bonds is 6. The number of likely N-dealkylation sites (tertiary alicyclic amines) is 2. The molecule has 1 aromatic heterocycles. The molecule has 2 amide bonds. The number of halogens is 1. The first kappa shape index (κ1) is 24.2. The van der Waals surface area contributed by atoms with Crippen LogP contribution >= 0.6 is 11.6 Å². The van der Waals surface area contributed by atoms with Gasteiger partial charge >= 0.3 is 12.0 Å². The van der Waals surface area contributed by atoms with Gasteiger partial charge in [-0.2, -0.15) is 4.98 Å². The number of nitrogens with zero attached hydrogens (tertiary/aromatic N) is 5. The van der Waals surface area contributed by atoms with Crippen LogP contribution in [0.1, 0.15) is 46.2 Å². The van der Waals surface area contributed by atoms with E-state index in [1.165, 1.54) is 0 Å². The van der Waals surface area contributed by atoms with Crippen molar-refractivity contribution in [2.45, 2.75) is 38.1 Å². The van der Waals surface area contributed by atoms with E-state index in [4.69, 9.17) is 22.1 Å². The molecule has 2 fully saturated rings. The molecule has 0 aliphatic carbocycles. The normalized spacial score (nSPS) is 19.3. The summed E-state index contributed by atoms with van der Waals surface area (Å²) in [7, 11) is 0. The number of aromatic nitrogens is 3. The van der Waals surface area contributed by atoms with E-state index in [1.807, 2.05) is 24.3 Å². The number of carbonyl (C=O) groups is 2. The van der Waals surface area contributed by atoms with E-state index in [-0.39, 0.29) is 35.3 Å². The molecule has 2 aromatic carbocycles. The number of carbonyl (C=O) groups excluding carboxylic acids is 2. The third-order valence-electron chi connectivity index (χ3n) is 6.51. The Balaban J connectivity index is 1.41. The van der Waals surface area contributed by atoms with Crippen LogP contribution in [0.25, 0.3) is 0 Å². The Labute approximate surface area is 213 Å². The van der Waals surface area contributed by atoms with E-state index in [2.05, 4.69) is 10.1 Å². The van der Waals surface area contributed by atoms with Gasteiger partial charge in [-0.15, -0.1) is 9.78 Å². The molecule has 2 unspecified atom stereocenters. The van der Waals surface area contributed by atoms with Crippen molar-refractivity contribution >= 4 is 23.5 Å². The number of β-amino-alcohol motifs (C(OH)–C–C–N with tert-alkyl or cyclic N) is 1. The van der Waals surface area contributed by atoms with E-state index < -0.39 is 12.0 Å². The summed E-state index contributed by atoms with van der Waals surface area (Å²) in [5.41, 5.74) is 7.81. The SMILES string of the molecule is NCc1ccc(COc2nc(C3CCN3C(=O)N3CCC(O)C3)nn2C(=O)c2ccccc2Cl)cc1. The second-order valence-electron chi connectivity index (χ2n) is 8.93. The molecule has 3 aromatic rings. The Morgan fingerprint density at radius 2 is 1.83 bits per heavy atom. The molecule has 11 heteroatoms. The zero-order valence-electron chi connectivity index (χ0n) is 19.6. The number of hydrogen-bond acceptors (Lipinski definition) is 7. The highest BCUT2D eigenvalue weighted by atomic mass is 35.5. The fraction of sp³-hybridized carbons (Fsp3) is 0.360. The van der Waals surface area contributed by atoms with Crippen molar-refractivity contribution in [3.8, 4) is 6.01 Å². The summed E-state index contributed by atoms with van der Waals surface area (Å²) < 4.78 is 7.04. The third kappa shape index (κ3) is 4.79. The largest absolute Gasteiger partial charge is 0.458 e. The molecule has 0 radical (unpaired) electrons. The predicted molar refractivity (Wildman–Crippen MR) is 132 cm³/mol. The smallest absolute Gasteiger partial charge is 0.323 e. The van der Waals surface area contributed by atoms with Crippen molar-refractivity contribution in [1.29, 1.82) is 0 Å². The van der Waals surface area contributed by atoms with E-state index >= 15 is 0 Å². The highest BCUT2D eigenvalue weighted by molar-refractivity contribution is 6.33. The molecule has 0 saturated carbocycles. The van der Waals surface area contributed by atoms with E-state index in [0.29, 0.717) is 44.8 Å². The van der Waals surface area contributed by atoms with Crippen molar-refractivity contribution in [3.05, 3.63) is 76.1 Å². The van der Waals surface area contributed by atoms with Gasteiger partial charge in [0.15, 0.2) is 5.82 Å². The van der Waals surface area contributed by atoms with Crippen molar-refractivity contribution in [1.82, 2.24) is 24.6 Å². The van der Waals surface area contributed by atoms with Gasteiger partial charge < -0.3 is 25.4 Å². The van der Waals surface area contributed by atoms with Gasteiger partial charge in [-0.25, -0.2) is 4.79 Å². The number of hydrogen-bond donors (Lipinski definition) is 2. The van der Waals surface area contributed by atoms with Crippen LogP contribution in [0.5, 0.6) is 6.01 Å². The van der Waals surface area contributed by atoms with Gasteiger partial charge in [-0.05, 0) is 36.1 Å². The van der Waals surface area contributed by atoms with Crippen molar-refractivity contribution in [2.24, 2.45) is 5.73 Å². The summed E-state index contributed by atoms with van der Waals surface area (Å²) in [4.78, 5) is 34.1. The maximum absolute atomic E-state index is 13.4. The summed E-state index contributed by atoms with van der Waals surface area (Å²) in [6.45, 7) is 1.97. The first-order chi connectivity index (χ1) is 17.4. The lowest BCUT2D eigenvalue weighted by molar-refractivity contribution is 0.0809. The Hall–Kier alpha value is -3.47. The molecular formula is C25H27ClN6O4. The van der Waals surface area contributed by atoms with Crippen LogP contribution in [0.15, 0.2) is 48.5 Å². The van der Waals surface area contributed by atoms with E-state index in [1.54, 1.807) is 34.1 Å². The number of ether oxygens (including phenoxy) is 1. The summed E-state index contributed by atoms with van der Waals surface area (Å²) >= 11 is 6.27. The molecule has 0 bridgehead atoms. The van der Waals surface area contributed by atoms with Gasteiger partial charge in [0.25, 0.3) is 5.91 Å². The lowest BCUT2D eigenvalue weighted by Gasteiger charge is -2.41. The second-order valence-corrected chi connectivity index (χ2v) is 9.33. The standard InChI is InChI=1S/C25H27ClN6O4/c26-20-4-2-1-3-19(20)23(34)32-24(36-15-17-7-5-16(13-27)6-8-17)28-22(29-32)21-10-12-31(21)25(35)30-11-9-18(33)14-30/h1-8,18,21,33H,9-15,27H2. The van der Waals surface area contributed by atoms with Gasteiger partial charge in [0.05, 0.1) is 22.7 Å². The highest BCUT2D eigenvalue weighted by Gasteiger charge is 2.41. The summed E-state index contributed by atoms with van der Waals surface area (Å²) in [5.74, 6) is -0.157. The average Bonchev–Trinajstić information content (AvgIpc) is 3.48. The molecule has 2 atom stereocenters. The van der Waals surface area contributed by atoms with Crippen LogP contribution in [-0.4, -0.2) is 67.3 Å². The number of nitrogens with two attached hydrogens (primary N) is 1. The fourth-order valence-electron chi connectivity index (χ4n) is 4.33. The van der Waals surface area contributed by atoms with Gasteiger partial charge in [0.1, 0.15) is 6.61 Å². The molecule has 10 nitrogen and oxygen atoms in total. The third-order valence-corrected chi connectivity index (χ3v) is 6.84. The van der Waals surface area contributed by atoms with Gasteiger partial charge in [-0.3, -0.25) is 4.79 Å². The average molecular weight is 511 g/mol. The predicted octanol–water partition coefficient (Wildman–Crippen LogP) is 2.59. The molecule has 3 N–H and O–H groups in total. The molecule has 2 aliphatic rings. The zero-order chi connectivity index (χ0) is 25.2. The van der Waals surface area contributed by atoms with Crippen LogP contribution in [0.4, 0.5) is 4.79 Å². The van der Waals surface area contributed by atoms with Gasteiger partial charge in [0, 0.05) is 26.2 Å². The monoisotopic (exact) mass is 510 g/mol. The quantitative estimate of drug-likeness (QED) is 0.521. The molecule has 36 heavy (non-hydrogen) atoms. The molecule has 2 aliphatic heterocycles. The molecule has 0 spiro atoms. The van der Waals surface area contributed by atoms with Gasteiger partial charge in [0.2, 0.25) is 0 Å². The van der Waals surface area contributed by atoms with Crippen molar-refractivity contribution in [3.63, 3.8) is 0 Å². The number of benzene rings is 2. The van der Waals surface area contributed by atoms with Gasteiger partial charge in [-0.1, -0.05) is 48.0 Å². The first-order valence-electron chi connectivity index (χ1n) is 11.8. The maximum Gasteiger partial charge on any atom is 0.323 e. The van der Waals surface area contributed by atoms with Crippen LogP contribution in [-0.2, 0) is 13.2 Å². The minimum absolute atomic E-state index is 0.0220. The second kappa shape index (κ2) is 10.3. The molecule has 2 saturated heterocycles. The van der Waals surface area contributed by atoms with E-state index in [9.17, 15) is 14.7 Å². The maximum atomic E-state index is 13.4. The summed E-state index contributed by atoms with van der Waals surface area (Å²) in [6.07, 6.45) is 0.721. The molecule has 5 rings (SSSR count). The fourth-order valence-corrected chi connectivity index (χ4v) is 4.55. The van der Waals surface area contributed by atoms with Crippen LogP contribution in [0.3, 0.4) is 0 Å². The Bertz CT molecular complexity index is 1260. The van der Waals surface area contributed by atoms with Crippen LogP contribution < -0.4 is 10.5 Å². The topological polar surface area (TPSA) is 127 Å². The number of aliphatic hydroxyl groups excluding tert-OH is 1. The number of urea groups is 1. The minimum Gasteiger partial charge on any atom is -0.458 e. The Morgan fingerprint density at radius 3 is 2.47 bits per heavy atom. The number of aliphatic hydroxyl groups is 1. The van der Waals surface area contributed by atoms with Crippen LogP contribution in [0.2, 0.25) is 5.02 Å². The zero-order valence-corrected chi connectivity index (χ0v) is 20.3. The molecular weight excluding hydrogens is 484 g/mol. The van der Waals surface area contributed by atoms with Crippen molar-refractivity contribution < 1.29 is 19.4 Å². The lowest BCUT2D eigenvalue weighted by Crippen LogP contribution is -2.51.